The summed E-state index contributed by atoms with van der Waals surface area (Å²) >= 11 is 0. The first-order chi connectivity index (χ1) is 10.2. The van der Waals surface area contributed by atoms with Crippen LogP contribution in [0, 0.1) is 17.3 Å². The van der Waals surface area contributed by atoms with Crippen molar-refractivity contribution < 1.29 is 29.3 Å². The van der Waals surface area contributed by atoms with Gasteiger partial charge in [-0.15, -0.1) is 0 Å². The number of carbonyl (C=O) groups excluding carboxylic acids is 2. The summed E-state index contributed by atoms with van der Waals surface area (Å²) in [6.45, 7) is 4.65. The average Bonchev–Trinajstić information content (AvgIpc) is 2.42. The summed E-state index contributed by atoms with van der Waals surface area (Å²) in [7, 11) is 0. The van der Waals surface area contributed by atoms with Crippen LogP contribution in [-0.4, -0.2) is 41.3 Å². The van der Waals surface area contributed by atoms with E-state index in [1.54, 1.807) is 13.8 Å². The molecule has 2 unspecified atom stereocenters. The first kappa shape index (κ1) is 20.4. The molecule has 0 saturated carbocycles. The van der Waals surface area contributed by atoms with Crippen LogP contribution in [0.1, 0.15) is 46.5 Å². The molecule has 0 aromatic carbocycles. The van der Waals surface area contributed by atoms with Crippen LogP contribution < -0.4 is 5.73 Å². The quantitative estimate of drug-likeness (QED) is 0.486. The number of aliphatic hydroxyl groups excluding tert-OH is 1. The third-order valence-corrected chi connectivity index (χ3v) is 3.59. The Morgan fingerprint density at radius 2 is 1.82 bits per heavy atom. The maximum Gasteiger partial charge on any atom is 0.311 e. The molecule has 4 N–H and O–H groups in total. The molecule has 2 atom stereocenters. The lowest BCUT2D eigenvalue weighted by Crippen LogP contribution is -2.34. The molecule has 0 saturated heterocycles. The van der Waals surface area contributed by atoms with Crippen LogP contribution in [0.5, 0.6) is 0 Å². The molecular formula is C15H27NO6. The number of primary amides is 1. The Hall–Kier alpha value is -1.63. The van der Waals surface area contributed by atoms with Crippen molar-refractivity contribution in [3.63, 3.8) is 0 Å². The highest BCUT2D eigenvalue weighted by Crippen LogP contribution is 2.31. The average molecular weight is 317 g/mol. The van der Waals surface area contributed by atoms with Crippen molar-refractivity contribution in [2.45, 2.75) is 46.5 Å². The van der Waals surface area contributed by atoms with Crippen molar-refractivity contribution in [1.29, 1.82) is 0 Å². The molecule has 0 aliphatic carbocycles. The van der Waals surface area contributed by atoms with Gasteiger partial charge in [0, 0.05) is 5.92 Å². The molecule has 0 aliphatic heterocycles. The molecule has 7 nitrogen and oxygen atoms in total. The molecule has 0 rings (SSSR count). The highest BCUT2D eigenvalue weighted by molar-refractivity contribution is 5.79. The monoisotopic (exact) mass is 317 g/mol. The largest absolute Gasteiger partial charge is 0.481 e. The summed E-state index contributed by atoms with van der Waals surface area (Å²) in [5.41, 5.74) is 4.29. The Morgan fingerprint density at radius 1 is 1.23 bits per heavy atom. The number of aliphatic hydroxyl groups is 1. The highest BCUT2D eigenvalue weighted by Gasteiger charge is 2.36. The number of hydrogen-bond donors (Lipinski definition) is 3. The minimum atomic E-state index is -1.06. The lowest BCUT2D eigenvalue weighted by Gasteiger charge is -2.27. The second kappa shape index (κ2) is 9.40. The fraction of sp³-hybridized carbons (Fsp3) is 0.800. The zero-order valence-corrected chi connectivity index (χ0v) is 13.5. The smallest absolute Gasteiger partial charge is 0.311 e. The number of amides is 1. The second-order valence-corrected chi connectivity index (χ2v) is 6.11. The van der Waals surface area contributed by atoms with Gasteiger partial charge in [0.25, 0.3) is 0 Å². The lowest BCUT2D eigenvalue weighted by atomic mass is 9.78. The van der Waals surface area contributed by atoms with Gasteiger partial charge >= 0.3 is 11.9 Å². The van der Waals surface area contributed by atoms with Crippen LogP contribution in [-0.2, 0) is 19.1 Å². The number of hydrogen-bond acceptors (Lipinski definition) is 5. The number of carboxylic acid groups (broad SMARTS) is 1. The van der Waals surface area contributed by atoms with Gasteiger partial charge in [0.05, 0.1) is 17.9 Å². The normalized spacial score (nSPS) is 14.2. The number of aliphatic carboxylic acids is 1. The first-order valence-corrected chi connectivity index (χ1v) is 7.45. The summed E-state index contributed by atoms with van der Waals surface area (Å²) in [6.07, 6.45) is 1.39. The predicted octanol–water partition coefficient (Wildman–Crippen LogP) is 0.931. The number of nitrogens with two attached hydrogens (primary N) is 1. The molecule has 7 heteroatoms. The van der Waals surface area contributed by atoms with Gasteiger partial charge in [0.2, 0.25) is 5.91 Å². The molecule has 0 radical (unpaired) electrons. The van der Waals surface area contributed by atoms with Crippen LogP contribution in [0.2, 0.25) is 0 Å². The summed E-state index contributed by atoms with van der Waals surface area (Å²) in [6, 6.07) is 0. The molecular weight excluding hydrogens is 290 g/mol. The van der Waals surface area contributed by atoms with Gasteiger partial charge in [-0.3, -0.25) is 14.4 Å². The molecule has 0 aliphatic rings. The van der Waals surface area contributed by atoms with Crippen molar-refractivity contribution in [3.05, 3.63) is 0 Å². The third-order valence-electron chi connectivity index (χ3n) is 3.59. The van der Waals surface area contributed by atoms with E-state index in [1.807, 2.05) is 6.92 Å². The van der Waals surface area contributed by atoms with Gasteiger partial charge in [-0.2, -0.15) is 0 Å². The van der Waals surface area contributed by atoms with Crippen molar-refractivity contribution in [3.8, 4) is 0 Å². The predicted molar refractivity (Wildman–Crippen MR) is 79.8 cm³/mol. The van der Waals surface area contributed by atoms with Crippen LogP contribution in [0.15, 0.2) is 0 Å². The van der Waals surface area contributed by atoms with E-state index in [0.29, 0.717) is 6.42 Å². The van der Waals surface area contributed by atoms with Crippen LogP contribution in [0.4, 0.5) is 0 Å². The lowest BCUT2D eigenvalue weighted by molar-refractivity contribution is -0.157. The van der Waals surface area contributed by atoms with E-state index < -0.39 is 35.1 Å². The Morgan fingerprint density at radius 3 is 2.23 bits per heavy atom. The molecule has 0 aromatic heterocycles. The number of carboxylic acids is 1. The van der Waals surface area contributed by atoms with Gasteiger partial charge in [-0.1, -0.05) is 13.3 Å². The molecule has 1 amide bonds. The number of esters is 1. The Balaban J connectivity index is 4.92. The Bertz CT molecular complexity index is 393. The maximum absolute atomic E-state index is 11.9. The molecule has 22 heavy (non-hydrogen) atoms. The number of carbonyl (C=O) groups is 3. The minimum absolute atomic E-state index is 0.0418. The first-order valence-electron chi connectivity index (χ1n) is 7.45. The maximum atomic E-state index is 11.9. The zero-order chi connectivity index (χ0) is 17.3. The van der Waals surface area contributed by atoms with Gasteiger partial charge in [0.15, 0.2) is 0 Å². The molecule has 0 fully saturated rings. The molecule has 128 valence electrons. The van der Waals surface area contributed by atoms with E-state index in [4.69, 9.17) is 15.6 Å². The summed E-state index contributed by atoms with van der Waals surface area (Å²) < 4.78 is 4.86. The van der Waals surface area contributed by atoms with E-state index >= 15 is 0 Å². The topological polar surface area (TPSA) is 127 Å². The Labute approximate surface area is 130 Å². The minimum Gasteiger partial charge on any atom is -0.481 e. The van der Waals surface area contributed by atoms with E-state index in [2.05, 4.69) is 0 Å². The molecule has 0 spiro atoms. The number of ether oxygens (including phenoxy) is 1. The van der Waals surface area contributed by atoms with Crippen molar-refractivity contribution in [2.75, 3.05) is 13.2 Å². The van der Waals surface area contributed by atoms with E-state index in [-0.39, 0.29) is 26.1 Å². The van der Waals surface area contributed by atoms with Crippen molar-refractivity contribution in [1.82, 2.24) is 0 Å². The number of rotatable bonds is 11. The van der Waals surface area contributed by atoms with Crippen molar-refractivity contribution in [2.24, 2.45) is 23.0 Å². The highest BCUT2D eigenvalue weighted by atomic mass is 16.5. The van der Waals surface area contributed by atoms with Gasteiger partial charge in [-0.25, -0.2) is 0 Å². The molecule has 0 bridgehead atoms. The van der Waals surface area contributed by atoms with E-state index in [9.17, 15) is 19.5 Å². The Kier molecular flexibility index (Phi) is 8.70. The van der Waals surface area contributed by atoms with Gasteiger partial charge < -0.3 is 20.7 Å². The van der Waals surface area contributed by atoms with Gasteiger partial charge in [-0.05, 0) is 33.1 Å². The van der Waals surface area contributed by atoms with Crippen LogP contribution in [0.25, 0.3) is 0 Å². The second-order valence-electron chi connectivity index (χ2n) is 6.11. The standard InChI is InChI=1S/C15H27NO6/c1-4-5-10(12(16)18)8-11(13(19)20)9-15(2,3)14(21)22-7-6-17/h10-11,17H,4-9H2,1-3H3,(H2,16,18)(H,19,20). The zero-order valence-electron chi connectivity index (χ0n) is 13.5. The molecule has 0 heterocycles. The van der Waals surface area contributed by atoms with E-state index in [1.165, 1.54) is 0 Å². The summed E-state index contributed by atoms with van der Waals surface area (Å²) in [4.78, 5) is 34.7. The van der Waals surface area contributed by atoms with Crippen molar-refractivity contribution >= 4 is 17.8 Å². The van der Waals surface area contributed by atoms with Crippen LogP contribution >= 0.6 is 0 Å². The van der Waals surface area contributed by atoms with E-state index in [0.717, 1.165) is 6.42 Å². The fourth-order valence-electron chi connectivity index (χ4n) is 2.37. The van der Waals surface area contributed by atoms with Gasteiger partial charge in [0.1, 0.15) is 6.61 Å². The molecule has 0 aromatic rings. The van der Waals surface area contributed by atoms with Crippen LogP contribution in [0.3, 0.4) is 0 Å². The summed E-state index contributed by atoms with van der Waals surface area (Å²) in [5.74, 6) is -3.53. The third kappa shape index (κ3) is 6.89. The summed E-state index contributed by atoms with van der Waals surface area (Å²) in [5, 5.41) is 18.0. The SMILES string of the molecule is CCCC(CC(CC(C)(C)C(=O)OCCO)C(=O)O)C(N)=O. The fourth-order valence-corrected chi connectivity index (χ4v) is 2.37.